The number of hydrogen-bond donors (Lipinski definition) is 1. The van der Waals surface area contributed by atoms with Crippen LogP contribution in [0, 0.1) is 0 Å². The molecule has 0 saturated carbocycles. The number of aromatic nitrogens is 2. The summed E-state index contributed by atoms with van der Waals surface area (Å²) in [5.41, 5.74) is 0. The van der Waals surface area contributed by atoms with Crippen LogP contribution in [0.1, 0.15) is 17.5 Å². The Labute approximate surface area is 148 Å². The van der Waals surface area contributed by atoms with E-state index in [1.165, 1.54) is 21.1 Å². The molecule has 7 nitrogen and oxygen atoms in total. The number of likely N-dealkylation sites (N-methyl/N-ethyl adjacent to an activating group) is 1. The Balaban J connectivity index is 1.80. The number of benzene rings is 1. The van der Waals surface area contributed by atoms with E-state index in [1.807, 2.05) is 30.3 Å². The second-order valence-electron chi connectivity index (χ2n) is 5.33. The van der Waals surface area contributed by atoms with E-state index in [0.29, 0.717) is 28.2 Å². The summed E-state index contributed by atoms with van der Waals surface area (Å²) < 4.78 is 5.94. The Bertz CT molecular complexity index is 699. The lowest BCUT2D eigenvalue weighted by atomic mass is 10.3. The van der Waals surface area contributed by atoms with Gasteiger partial charge in [0.2, 0.25) is 5.13 Å². The normalized spacial score (nSPS) is 19.0. The van der Waals surface area contributed by atoms with Gasteiger partial charge in [-0.05, 0) is 12.1 Å². The van der Waals surface area contributed by atoms with Crippen molar-refractivity contribution in [2.45, 2.75) is 18.8 Å². The van der Waals surface area contributed by atoms with E-state index < -0.39 is 6.23 Å². The maximum atomic E-state index is 12.1. The molecular weight excluding hydrogens is 352 g/mol. The predicted molar refractivity (Wildman–Crippen MR) is 91.6 cm³/mol. The van der Waals surface area contributed by atoms with Gasteiger partial charge in [0.15, 0.2) is 17.3 Å². The maximum absolute atomic E-state index is 12.1. The predicted octanol–water partition coefficient (Wildman–Crippen LogP) is 2.48. The largest absolute Gasteiger partial charge is 0.483 e. The van der Waals surface area contributed by atoms with E-state index in [1.54, 1.807) is 7.05 Å². The topological polar surface area (TPSA) is 78.8 Å². The summed E-state index contributed by atoms with van der Waals surface area (Å²) in [6, 6.07) is 9.07. The fourth-order valence-corrected chi connectivity index (χ4v) is 3.52. The quantitative estimate of drug-likeness (QED) is 0.792. The van der Waals surface area contributed by atoms with Gasteiger partial charge in [0.1, 0.15) is 5.75 Å². The number of carbonyl (C=O) groups excluding carboxylic acids is 1. The van der Waals surface area contributed by atoms with E-state index in [-0.39, 0.29) is 18.7 Å². The van der Waals surface area contributed by atoms with Crippen LogP contribution in [0.3, 0.4) is 0 Å². The number of anilines is 1. The molecule has 1 aliphatic heterocycles. The van der Waals surface area contributed by atoms with Gasteiger partial charge < -0.3 is 14.7 Å². The van der Waals surface area contributed by atoms with Crippen LogP contribution in [-0.4, -0.2) is 51.9 Å². The van der Waals surface area contributed by atoms with E-state index in [4.69, 9.17) is 16.3 Å². The minimum Gasteiger partial charge on any atom is -0.483 e. The van der Waals surface area contributed by atoms with Crippen LogP contribution in [0.15, 0.2) is 30.3 Å². The number of hydrogen-bond acceptors (Lipinski definition) is 6. The average molecular weight is 369 g/mol. The smallest absolute Gasteiger partial charge is 0.328 e. The summed E-state index contributed by atoms with van der Waals surface area (Å²) in [4.78, 5) is 14.8. The molecule has 1 aliphatic rings. The van der Waals surface area contributed by atoms with Gasteiger partial charge in [-0.3, -0.25) is 0 Å². The van der Waals surface area contributed by atoms with Crippen molar-refractivity contribution >= 4 is 34.1 Å². The molecule has 0 radical (unpaired) electrons. The second kappa shape index (κ2) is 7.33. The number of nitrogens with zero attached hydrogens (tertiary/aromatic N) is 4. The van der Waals surface area contributed by atoms with E-state index in [9.17, 15) is 9.90 Å². The van der Waals surface area contributed by atoms with Crippen molar-refractivity contribution in [2.24, 2.45) is 0 Å². The molecule has 2 amide bonds. The highest BCUT2D eigenvalue weighted by molar-refractivity contribution is 7.15. The SMILES string of the molecule is CN1CC(O)N(c2nnc(C(CCCl)Oc3ccccc3)s2)C1=O. The van der Waals surface area contributed by atoms with Crippen LogP contribution < -0.4 is 9.64 Å². The van der Waals surface area contributed by atoms with Crippen LogP contribution in [-0.2, 0) is 0 Å². The number of para-hydroxylation sites is 1. The number of halogens is 1. The van der Waals surface area contributed by atoms with E-state index in [2.05, 4.69) is 10.2 Å². The molecule has 2 atom stereocenters. The third-order valence-corrected chi connectivity index (χ3v) is 4.80. The third-order valence-electron chi connectivity index (χ3n) is 3.57. The number of β-amino-alcohol motifs (C(OH)–C–C–N with tert-alkyl or cyclic N) is 1. The summed E-state index contributed by atoms with van der Waals surface area (Å²) in [6.07, 6.45) is -0.727. The zero-order valence-electron chi connectivity index (χ0n) is 13.0. The Kier molecular flexibility index (Phi) is 5.17. The number of alkyl halides is 1. The lowest BCUT2D eigenvalue weighted by Gasteiger charge is -2.16. The number of rotatable bonds is 6. The van der Waals surface area contributed by atoms with Crippen molar-refractivity contribution in [3.63, 3.8) is 0 Å². The molecule has 1 aromatic carbocycles. The van der Waals surface area contributed by atoms with Gasteiger partial charge in [-0.1, -0.05) is 29.5 Å². The zero-order valence-corrected chi connectivity index (χ0v) is 14.6. The number of aliphatic hydroxyl groups is 1. The van der Waals surface area contributed by atoms with Gasteiger partial charge in [-0.2, -0.15) is 0 Å². The number of urea groups is 1. The minimum atomic E-state index is -0.926. The third kappa shape index (κ3) is 3.45. The minimum absolute atomic E-state index is 0.235. The van der Waals surface area contributed by atoms with Crippen LogP contribution in [0.2, 0.25) is 0 Å². The van der Waals surface area contributed by atoms with Crippen molar-refractivity contribution in [1.82, 2.24) is 15.1 Å². The zero-order chi connectivity index (χ0) is 17.1. The summed E-state index contributed by atoms with van der Waals surface area (Å²) >= 11 is 7.10. The van der Waals surface area contributed by atoms with Gasteiger partial charge in [-0.25, -0.2) is 9.69 Å². The number of aliphatic hydroxyl groups excluding tert-OH is 1. The fourth-order valence-electron chi connectivity index (χ4n) is 2.37. The Morgan fingerprint density at radius 1 is 1.42 bits per heavy atom. The van der Waals surface area contributed by atoms with E-state index >= 15 is 0 Å². The molecule has 1 N–H and O–H groups in total. The number of amides is 2. The molecule has 0 aliphatic carbocycles. The first kappa shape index (κ1) is 16.9. The molecule has 9 heteroatoms. The summed E-state index contributed by atoms with van der Waals surface area (Å²) in [7, 11) is 1.63. The highest BCUT2D eigenvalue weighted by Gasteiger charge is 2.37. The molecule has 0 spiro atoms. The number of carbonyl (C=O) groups is 1. The van der Waals surface area contributed by atoms with Gasteiger partial charge in [0.05, 0.1) is 6.54 Å². The molecule has 2 heterocycles. The Morgan fingerprint density at radius 2 is 2.17 bits per heavy atom. The van der Waals surface area contributed by atoms with Crippen molar-refractivity contribution in [3.8, 4) is 5.75 Å². The van der Waals surface area contributed by atoms with Gasteiger partial charge in [0.25, 0.3) is 0 Å². The molecule has 1 fully saturated rings. The standard InChI is InChI=1S/C15H17ClN4O3S/c1-19-9-12(21)20(15(19)22)14-18-17-13(24-14)11(7-8-16)23-10-5-3-2-4-6-10/h2-6,11-12,21H,7-9H2,1H3. The molecule has 3 rings (SSSR count). The fraction of sp³-hybridized carbons (Fsp3) is 0.400. The summed E-state index contributed by atoms with van der Waals surface area (Å²) in [5, 5.41) is 19.2. The second-order valence-corrected chi connectivity index (χ2v) is 6.70. The van der Waals surface area contributed by atoms with Crippen LogP contribution >= 0.6 is 22.9 Å². The molecule has 2 aromatic rings. The molecule has 0 bridgehead atoms. The molecule has 2 unspecified atom stereocenters. The van der Waals surface area contributed by atoms with Crippen LogP contribution in [0.25, 0.3) is 0 Å². The van der Waals surface area contributed by atoms with Gasteiger partial charge >= 0.3 is 6.03 Å². The molecule has 24 heavy (non-hydrogen) atoms. The lowest BCUT2D eigenvalue weighted by molar-refractivity contribution is 0.183. The first-order valence-corrected chi connectivity index (χ1v) is 8.78. The van der Waals surface area contributed by atoms with Crippen molar-refractivity contribution in [2.75, 3.05) is 24.4 Å². The maximum Gasteiger partial charge on any atom is 0.328 e. The lowest BCUT2D eigenvalue weighted by Crippen LogP contribution is -2.34. The van der Waals surface area contributed by atoms with Gasteiger partial charge in [0, 0.05) is 19.3 Å². The average Bonchev–Trinajstić information content (AvgIpc) is 3.13. The summed E-state index contributed by atoms with van der Waals surface area (Å²) in [5.74, 6) is 1.11. The van der Waals surface area contributed by atoms with Crippen molar-refractivity contribution in [1.29, 1.82) is 0 Å². The Morgan fingerprint density at radius 3 is 2.79 bits per heavy atom. The van der Waals surface area contributed by atoms with Gasteiger partial charge in [-0.15, -0.1) is 21.8 Å². The van der Waals surface area contributed by atoms with Crippen LogP contribution in [0.4, 0.5) is 9.93 Å². The molecular formula is C15H17ClN4O3S. The summed E-state index contributed by atoms with van der Waals surface area (Å²) in [6.45, 7) is 0.235. The molecule has 1 aromatic heterocycles. The number of ether oxygens (including phenoxy) is 1. The van der Waals surface area contributed by atoms with Crippen molar-refractivity contribution < 1.29 is 14.6 Å². The molecule has 1 saturated heterocycles. The van der Waals surface area contributed by atoms with Crippen LogP contribution in [0.5, 0.6) is 5.75 Å². The Hall–Kier alpha value is -1.90. The highest BCUT2D eigenvalue weighted by Crippen LogP contribution is 2.32. The van der Waals surface area contributed by atoms with E-state index in [0.717, 1.165) is 0 Å². The molecule has 128 valence electrons. The highest BCUT2D eigenvalue weighted by atomic mass is 35.5. The van der Waals surface area contributed by atoms with Crippen molar-refractivity contribution in [3.05, 3.63) is 35.3 Å². The first-order valence-electron chi connectivity index (χ1n) is 7.43. The monoisotopic (exact) mass is 368 g/mol. The first-order chi connectivity index (χ1) is 11.6.